The smallest absolute Gasteiger partial charge is 0.243 e. The van der Waals surface area contributed by atoms with E-state index in [1.165, 1.54) is 0 Å². The Kier molecular flexibility index (Phi) is 4.41. The van der Waals surface area contributed by atoms with Crippen molar-refractivity contribution in [2.24, 2.45) is 11.3 Å². The largest absolute Gasteiger partial charge is 0.351 e. The van der Waals surface area contributed by atoms with Crippen LogP contribution in [-0.2, 0) is 21.4 Å². The molecule has 2 aromatic rings. The zero-order valence-electron chi connectivity index (χ0n) is 14.6. The predicted octanol–water partition coefficient (Wildman–Crippen LogP) is 2.77. The lowest BCUT2D eigenvalue weighted by atomic mass is 10.0. The highest BCUT2D eigenvalue weighted by Gasteiger charge is 2.62. The second kappa shape index (κ2) is 6.48. The monoisotopic (exact) mass is 390 g/mol. The fraction of sp³-hybridized carbons (Fsp3) is 0.421. The van der Waals surface area contributed by atoms with E-state index in [4.69, 9.17) is 0 Å². The molecule has 1 aromatic heterocycles. The number of carbonyl (C=O) groups is 1. The Morgan fingerprint density at radius 3 is 2.77 bits per heavy atom. The van der Waals surface area contributed by atoms with Crippen molar-refractivity contribution in [3.05, 3.63) is 52.2 Å². The van der Waals surface area contributed by atoms with E-state index >= 15 is 0 Å². The standard InChI is InChI=1S/C19H22N2O3S2/c1-14-4-6-16(7-5-14)26(23,24)21-9-8-19(13-21)11-17(19)18(22)20-12-15-3-2-10-25-15/h2-7,10,17H,8-9,11-13H2,1H3,(H,20,22). The molecule has 1 aromatic carbocycles. The van der Waals surface area contributed by atoms with E-state index in [0.29, 0.717) is 24.5 Å². The van der Waals surface area contributed by atoms with Gasteiger partial charge in [-0.2, -0.15) is 4.31 Å². The molecule has 1 N–H and O–H groups in total. The van der Waals surface area contributed by atoms with Crippen LogP contribution in [0.1, 0.15) is 23.3 Å². The second-order valence-electron chi connectivity index (χ2n) is 7.32. The van der Waals surface area contributed by atoms with Gasteiger partial charge in [0.2, 0.25) is 15.9 Å². The summed E-state index contributed by atoms with van der Waals surface area (Å²) in [5.41, 5.74) is 0.864. The fourth-order valence-electron chi connectivity index (χ4n) is 3.80. The van der Waals surface area contributed by atoms with E-state index < -0.39 is 10.0 Å². The molecule has 1 saturated carbocycles. The quantitative estimate of drug-likeness (QED) is 0.854. The molecule has 1 amide bonds. The lowest BCUT2D eigenvalue weighted by Crippen LogP contribution is -2.31. The summed E-state index contributed by atoms with van der Waals surface area (Å²) < 4.78 is 27.2. The van der Waals surface area contributed by atoms with Crippen LogP contribution >= 0.6 is 11.3 Å². The number of hydrogen-bond donors (Lipinski definition) is 1. The lowest BCUT2D eigenvalue weighted by Gasteiger charge is -2.17. The van der Waals surface area contributed by atoms with Crippen LogP contribution in [0.25, 0.3) is 0 Å². The average molecular weight is 391 g/mol. The highest BCUT2D eigenvalue weighted by molar-refractivity contribution is 7.89. The zero-order valence-corrected chi connectivity index (χ0v) is 16.3. The lowest BCUT2D eigenvalue weighted by molar-refractivity contribution is -0.123. The third-order valence-electron chi connectivity index (χ3n) is 5.53. The number of carbonyl (C=O) groups excluding carboxylic acids is 1. The number of rotatable bonds is 5. The molecule has 1 aliphatic heterocycles. The molecule has 1 aliphatic carbocycles. The molecule has 4 rings (SSSR count). The Morgan fingerprint density at radius 2 is 2.08 bits per heavy atom. The van der Waals surface area contributed by atoms with Crippen LogP contribution in [0.3, 0.4) is 0 Å². The van der Waals surface area contributed by atoms with Gasteiger partial charge in [-0.3, -0.25) is 4.79 Å². The summed E-state index contributed by atoms with van der Waals surface area (Å²) in [6.07, 6.45) is 1.54. The number of sulfonamides is 1. The molecule has 1 saturated heterocycles. The number of nitrogens with zero attached hydrogens (tertiary/aromatic N) is 1. The maximum Gasteiger partial charge on any atom is 0.243 e. The summed E-state index contributed by atoms with van der Waals surface area (Å²) in [4.78, 5) is 13.9. The topological polar surface area (TPSA) is 66.5 Å². The van der Waals surface area contributed by atoms with Crippen LogP contribution in [0.2, 0.25) is 0 Å². The Morgan fingerprint density at radius 1 is 1.31 bits per heavy atom. The van der Waals surface area contributed by atoms with Crippen molar-refractivity contribution in [2.75, 3.05) is 13.1 Å². The molecule has 2 unspecified atom stereocenters. The van der Waals surface area contributed by atoms with Gasteiger partial charge in [0.05, 0.1) is 11.4 Å². The summed E-state index contributed by atoms with van der Waals surface area (Å²) >= 11 is 1.62. The molecule has 2 heterocycles. The van der Waals surface area contributed by atoms with Gasteiger partial charge >= 0.3 is 0 Å². The zero-order chi connectivity index (χ0) is 18.4. The van der Waals surface area contributed by atoms with Crippen molar-refractivity contribution in [1.82, 2.24) is 9.62 Å². The average Bonchev–Trinajstić information content (AvgIpc) is 2.97. The number of amides is 1. The van der Waals surface area contributed by atoms with Crippen molar-refractivity contribution >= 4 is 27.3 Å². The minimum atomic E-state index is -3.48. The first-order valence-electron chi connectivity index (χ1n) is 8.78. The van der Waals surface area contributed by atoms with E-state index in [0.717, 1.165) is 23.3 Å². The van der Waals surface area contributed by atoms with E-state index in [2.05, 4.69) is 5.32 Å². The van der Waals surface area contributed by atoms with Gasteiger partial charge in [0.15, 0.2) is 0 Å². The van der Waals surface area contributed by atoms with Gasteiger partial charge in [0.1, 0.15) is 0 Å². The third kappa shape index (κ3) is 3.19. The van der Waals surface area contributed by atoms with E-state index in [1.807, 2.05) is 36.6 Å². The van der Waals surface area contributed by atoms with Crippen molar-refractivity contribution in [3.8, 4) is 0 Å². The highest BCUT2D eigenvalue weighted by atomic mass is 32.2. The number of nitrogens with one attached hydrogen (secondary N) is 1. The van der Waals surface area contributed by atoms with Crippen LogP contribution < -0.4 is 5.32 Å². The molecular formula is C19H22N2O3S2. The first kappa shape index (κ1) is 17.7. The summed E-state index contributed by atoms with van der Waals surface area (Å²) in [5, 5.41) is 4.98. The van der Waals surface area contributed by atoms with Gasteiger partial charge in [-0.05, 0) is 48.8 Å². The number of thiophene rings is 1. The molecule has 2 atom stereocenters. The molecular weight excluding hydrogens is 368 g/mol. The van der Waals surface area contributed by atoms with E-state index in [-0.39, 0.29) is 17.2 Å². The fourth-order valence-corrected chi connectivity index (χ4v) is 5.98. The summed E-state index contributed by atoms with van der Waals surface area (Å²) in [6, 6.07) is 10.9. The van der Waals surface area contributed by atoms with Gasteiger partial charge in [0.25, 0.3) is 0 Å². The third-order valence-corrected chi connectivity index (χ3v) is 8.27. The molecule has 5 nitrogen and oxygen atoms in total. The molecule has 138 valence electrons. The maximum atomic E-state index is 12.8. The van der Waals surface area contributed by atoms with Gasteiger partial charge in [-0.25, -0.2) is 8.42 Å². The Labute approximate surface area is 158 Å². The normalized spacial score (nSPS) is 25.5. The molecule has 0 bridgehead atoms. The van der Waals surface area contributed by atoms with Crippen molar-refractivity contribution in [3.63, 3.8) is 0 Å². The summed E-state index contributed by atoms with van der Waals surface area (Å²) in [6.45, 7) is 3.42. The predicted molar refractivity (Wildman–Crippen MR) is 101 cm³/mol. The summed E-state index contributed by atoms with van der Waals surface area (Å²) in [5.74, 6) is -0.0198. The SMILES string of the molecule is Cc1ccc(S(=O)(=O)N2CCC3(CC3C(=O)NCc3cccs3)C2)cc1. The van der Waals surface area contributed by atoms with Crippen molar-refractivity contribution in [1.29, 1.82) is 0 Å². The number of hydrogen-bond acceptors (Lipinski definition) is 4. The van der Waals surface area contributed by atoms with Gasteiger partial charge in [-0.15, -0.1) is 11.3 Å². The van der Waals surface area contributed by atoms with Crippen molar-refractivity contribution < 1.29 is 13.2 Å². The van der Waals surface area contributed by atoms with Crippen LogP contribution in [0.5, 0.6) is 0 Å². The highest BCUT2D eigenvalue weighted by Crippen LogP contribution is 2.59. The first-order chi connectivity index (χ1) is 12.4. The second-order valence-corrected chi connectivity index (χ2v) is 10.3. The first-order valence-corrected chi connectivity index (χ1v) is 11.1. The van der Waals surface area contributed by atoms with Gasteiger partial charge in [-0.1, -0.05) is 23.8 Å². The van der Waals surface area contributed by atoms with Crippen LogP contribution in [0.4, 0.5) is 0 Å². The Balaban J connectivity index is 1.39. The Hall–Kier alpha value is -1.70. The van der Waals surface area contributed by atoms with E-state index in [1.54, 1.807) is 27.8 Å². The minimum Gasteiger partial charge on any atom is -0.351 e. The Bertz CT molecular complexity index is 907. The molecule has 2 aliphatic rings. The van der Waals surface area contributed by atoms with Crippen LogP contribution in [-0.4, -0.2) is 31.7 Å². The van der Waals surface area contributed by atoms with Gasteiger partial charge < -0.3 is 5.32 Å². The molecule has 1 spiro atoms. The minimum absolute atomic E-state index is 0.0491. The number of aryl methyl sites for hydroxylation is 1. The van der Waals surface area contributed by atoms with Crippen molar-refractivity contribution in [2.45, 2.75) is 31.2 Å². The molecule has 0 radical (unpaired) electrons. The molecule has 2 fully saturated rings. The summed E-state index contributed by atoms with van der Waals surface area (Å²) in [7, 11) is -3.48. The molecule has 7 heteroatoms. The van der Waals surface area contributed by atoms with Crippen LogP contribution in [0, 0.1) is 18.3 Å². The van der Waals surface area contributed by atoms with Crippen LogP contribution in [0.15, 0.2) is 46.7 Å². The maximum absolute atomic E-state index is 12.8. The molecule has 26 heavy (non-hydrogen) atoms. The number of benzene rings is 1. The van der Waals surface area contributed by atoms with E-state index in [9.17, 15) is 13.2 Å². The van der Waals surface area contributed by atoms with Gasteiger partial charge in [0, 0.05) is 23.9 Å².